The number of hydrogen-bond acceptors (Lipinski definition) is 6. The molecule has 2 N–H and O–H groups in total. The van der Waals surface area contributed by atoms with Gasteiger partial charge in [0.1, 0.15) is 6.10 Å². The van der Waals surface area contributed by atoms with E-state index in [1.807, 2.05) is 6.92 Å². The van der Waals surface area contributed by atoms with E-state index in [-0.39, 0.29) is 23.7 Å². The second kappa shape index (κ2) is 8.76. The maximum atomic E-state index is 12.3. The number of rotatable bonds is 1. The second-order valence-electron chi connectivity index (χ2n) is 7.68. The number of amides is 1. The van der Waals surface area contributed by atoms with Crippen LogP contribution in [0.25, 0.3) is 0 Å². The van der Waals surface area contributed by atoms with Crippen molar-refractivity contribution in [2.45, 2.75) is 88.7 Å². The van der Waals surface area contributed by atoms with Crippen LogP contribution in [0.3, 0.4) is 0 Å². The molecule has 2 bridgehead atoms. The zero-order valence-corrected chi connectivity index (χ0v) is 16.2. The van der Waals surface area contributed by atoms with Crippen LogP contribution in [0, 0.1) is 0 Å². The number of nitrogens with one attached hydrogen (secondary N) is 1. The van der Waals surface area contributed by atoms with Gasteiger partial charge in [-0.15, -0.1) is 0 Å². The van der Waals surface area contributed by atoms with Crippen LogP contribution in [0.5, 0.6) is 0 Å². The number of thioether (sulfide) groups is 1. The summed E-state index contributed by atoms with van der Waals surface area (Å²) in [4.78, 5) is 23.8. The van der Waals surface area contributed by atoms with Gasteiger partial charge in [0, 0.05) is 24.7 Å². The summed E-state index contributed by atoms with van der Waals surface area (Å²) in [6.07, 6.45) is 9.13. The Morgan fingerprint density at radius 1 is 1.19 bits per heavy atom. The van der Waals surface area contributed by atoms with Crippen molar-refractivity contribution in [3.63, 3.8) is 0 Å². The van der Waals surface area contributed by atoms with Gasteiger partial charge in [0.15, 0.2) is 5.79 Å². The molecule has 3 heterocycles. The van der Waals surface area contributed by atoms with Crippen LogP contribution in [0.1, 0.15) is 64.7 Å². The van der Waals surface area contributed by atoms with Crippen LogP contribution in [-0.2, 0) is 14.3 Å². The third kappa shape index (κ3) is 5.24. The van der Waals surface area contributed by atoms with Gasteiger partial charge in [-0.3, -0.25) is 4.79 Å². The summed E-state index contributed by atoms with van der Waals surface area (Å²) in [5, 5.41) is 13.7. The van der Waals surface area contributed by atoms with Crippen molar-refractivity contribution in [1.82, 2.24) is 5.32 Å². The van der Waals surface area contributed by atoms with E-state index in [0.717, 1.165) is 55.9 Å². The average molecular weight is 384 g/mol. The van der Waals surface area contributed by atoms with Crippen LogP contribution >= 0.6 is 11.8 Å². The Hall–Kier alpha value is -1.05. The summed E-state index contributed by atoms with van der Waals surface area (Å²) in [5.74, 6) is -1.37. The van der Waals surface area contributed by atoms with Gasteiger partial charge in [-0.05, 0) is 26.2 Å². The molecular weight excluding hydrogens is 354 g/mol. The zero-order chi connectivity index (χ0) is 18.6. The molecule has 0 aromatic heterocycles. The van der Waals surface area contributed by atoms with E-state index in [9.17, 15) is 14.7 Å². The van der Waals surface area contributed by atoms with Crippen molar-refractivity contribution in [3.05, 3.63) is 11.6 Å². The van der Waals surface area contributed by atoms with Crippen LogP contribution in [-0.4, -0.2) is 46.1 Å². The highest BCUT2D eigenvalue weighted by Gasteiger charge is 2.49. The molecule has 3 aliphatic heterocycles. The Balaban J connectivity index is 1.74. The van der Waals surface area contributed by atoms with Crippen molar-refractivity contribution >= 4 is 23.0 Å². The van der Waals surface area contributed by atoms with Gasteiger partial charge in [0.2, 0.25) is 0 Å². The molecule has 4 atom stereocenters. The fourth-order valence-electron chi connectivity index (χ4n) is 3.98. The number of hydrogen-bond donors (Lipinski definition) is 2. The van der Waals surface area contributed by atoms with E-state index in [2.05, 4.69) is 5.32 Å². The Kier molecular flexibility index (Phi) is 6.64. The minimum Gasteiger partial charge on any atom is -0.459 e. The number of esters is 1. The van der Waals surface area contributed by atoms with Crippen LogP contribution in [0.2, 0.25) is 0 Å². The Morgan fingerprint density at radius 2 is 1.96 bits per heavy atom. The zero-order valence-electron chi connectivity index (χ0n) is 15.4. The first kappa shape index (κ1) is 19.7. The molecule has 1 amide bonds. The van der Waals surface area contributed by atoms with Crippen molar-refractivity contribution in [3.8, 4) is 0 Å². The lowest BCUT2D eigenvalue weighted by atomic mass is 9.91. The minimum atomic E-state index is -1.48. The minimum absolute atomic E-state index is 0.150. The number of allylic oxidation sites excluding steroid dienone is 1. The fraction of sp³-hybridized carbons (Fsp3) is 0.789. The molecule has 2 fully saturated rings. The van der Waals surface area contributed by atoms with Crippen molar-refractivity contribution in [1.29, 1.82) is 0 Å². The van der Waals surface area contributed by atoms with E-state index < -0.39 is 17.9 Å². The van der Waals surface area contributed by atoms with Crippen LogP contribution in [0.15, 0.2) is 11.6 Å². The molecule has 7 heteroatoms. The number of fused-ring (bicyclic) bond motifs is 2. The second-order valence-corrected chi connectivity index (χ2v) is 8.67. The van der Waals surface area contributed by atoms with Crippen molar-refractivity contribution in [2.75, 3.05) is 5.75 Å². The molecule has 3 rings (SSSR count). The summed E-state index contributed by atoms with van der Waals surface area (Å²) in [7, 11) is 0. The van der Waals surface area contributed by atoms with E-state index in [1.165, 1.54) is 6.42 Å². The topological polar surface area (TPSA) is 84.9 Å². The number of ether oxygens (including phenoxy) is 2. The molecule has 0 saturated carbocycles. The summed E-state index contributed by atoms with van der Waals surface area (Å²) >= 11 is 1.15. The normalized spacial score (nSPS) is 39.3. The molecule has 6 nitrogen and oxygen atoms in total. The fourth-order valence-corrected chi connectivity index (χ4v) is 4.87. The lowest BCUT2D eigenvalue weighted by Gasteiger charge is -2.43. The third-order valence-electron chi connectivity index (χ3n) is 5.38. The van der Waals surface area contributed by atoms with Gasteiger partial charge in [-0.1, -0.05) is 43.0 Å². The van der Waals surface area contributed by atoms with Gasteiger partial charge in [0.25, 0.3) is 5.24 Å². The average Bonchev–Trinajstić information content (AvgIpc) is 3.00. The molecule has 146 valence electrons. The summed E-state index contributed by atoms with van der Waals surface area (Å²) in [5.41, 5.74) is 1.03. The van der Waals surface area contributed by atoms with Gasteiger partial charge < -0.3 is 19.9 Å². The monoisotopic (exact) mass is 383 g/mol. The highest BCUT2D eigenvalue weighted by Crippen LogP contribution is 2.36. The van der Waals surface area contributed by atoms with Gasteiger partial charge in [-0.2, -0.15) is 0 Å². The maximum absolute atomic E-state index is 12.3. The van der Waals surface area contributed by atoms with E-state index in [4.69, 9.17) is 9.47 Å². The first-order valence-corrected chi connectivity index (χ1v) is 10.6. The SMILES string of the molecule is C/C1=C/C(=O)O[C@@H]2CC(CCCCCCC1)O[C@@](O)([C@@H]1CSC(=O)N1)C2. The lowest BCUT2D eigenvalue weighted by Crippen LogP contribution is -2.58. The number of carbonyl (C=O) groups is 2. The third-order valence-corrected chi connectivity index (χ3v) is 6.26. The predicted molar refractivity (Wildman–Crippen MR) is 99.8 cm³/mol. The predicted octanol–water partition coefficient (Wildman–Crippen LogP) is 3.28. The van der Waals surface area contributed by atoms with Crippen LogP contribution in [0.4, 0.5) is 4.79 Å². The summed E-state index contributed by atoms with van der Waals surface area (Å²) < 4.78 is 11.7. The Bertz CT molecular complexity index is 566. The molecule has 0 aromatic carbocycles. The molecule has 0 radical (unpaired) electrons. The largest absolute Gasteiger partial charge is 0.459 e. The van der Waals surface area contributed by atoms with Crippen molar-refractivity contribution in [2.24, 2.45) is 0 Å². The van der Waals surface area contributed by atoms with Crippen molar-refractivity contribution < 1.29 is 24.2 Å². The first-order valence-electron chi connectivity index (χ1n) is 9.66. The molecule has 0 aromatic rings. The van der Waals surface area contributed by atoms with Crippen LogP contribution < -0.4 is 5.32 Å². The molecule has 0 spiro atoms. The Morgan fingerprint density at radius 3 is 2.73 bits per heavy atom. The maximum Gasteiger partial charge on any atom is 0.330 e. The molecule has 2 saturated heterocycles. The van der Waals surface area contributed by atoms with Gasteiger partial charge in [0.05, 0.1) is 12.1 Å². The molecule has 1 unspecified atom stereocenters. The smallest absolute Gasteiger partial charge is 0.330 e. The standard InChI is InChI=1S/C19H29NO5S/c1-13-7-5-3-2-4-6-8-14-10-15(24-17(21)9-13)11-19(23,25-14)16-12-26-18(22)20-16/h9,14-16,23H,2-8,10-12H2,1H3,(H,20,22)/b13-9-/t14?,15-,16+,19-/m1/s1. The van der Waals surface area contributed by atoms with Gasteiger partial charge >= 0.3 is 5.97 Å². The van der Waals surface area contributed by atoms with Gasteiger partial charge in [-0.25, -0.2) is 4.79 Å². The molecular formula is C19H29NO5S. The number of aliphatic hydroxyl groups is 1. The summed E-state index contributed by atoms with van der Waals surface area (Å²) in [6, 6.07) is -0.472. The highest BCUT2D eigenvalue weighted by atomic mass is 32.2. The van der Waals surface area contributed by atoms with E-state index in [1.54, 1.807) is 6.08 Å². The highest BCUT2D eigenvalue weighted by molar-refractivity contribution is 8.14. The molecule has 3 aliphatic rings. The van der Waals surface area contributed by atoms with E-state index in [0.29, 0.717) is 12.2 Å². The van der Waals surface area contributed by atoms with E-state index >= 15 is 0 Å². The quantitative estimate of drug-likeness (QED) is 0.676. The molecule has 26 heavy (non-hydrogen) atoms. The molecule has 0 aliphatic carbocycles. The Labute approximate surface area is 159 Å². The lowest BCUT2D eigenvalue weighted by molar-refractivity contribution is -0.283. The number of carbonyl (C=O) groups excluding carboxylic acids is 2. The summed E-state index contributed by atoms with van der Waals surface area (Å²) in [6.45, 7) is 1.96. The first-order chi connectivity index (χ1) is 12.4.